The predicted octanol–water partition coefficient (Wildman–Crippen LogP) is 5.03. The Labute approximate surface area is 240 Å². The molecule has 0 aromatic heterocycles. The first-order valence-corrected chi connectivity index (χ1v) is 14.2. The minimum Gasteiger partial charge on any atom is -0.488 e. The molecule has 42 heavy (non-hydrogen) atoms. The molecule has 2 aromatic rings. The molecule has 228 valence electrons. The topological polar surface area (TPSA) is 97.2 Å². The Morgan fingerprint density at radius 2 is 1.83 bits per heavy atom. The van der Waals surface area contributed by atoms with Gasteiger partial charge >= 0.3 is 6.18 Å². The molecular weight excluding hydrogens is 560 g/mol. The number of alkyl halides is 3. The summed E-state index contributed by atoms with van der Waals surface area (Å²) in [6.45, 7) is 4.62. The molecule has 9 nitrogen and oxygen atoms in total. The maximum Gasteiger partial charge on any atom is 0.423 e. The number of benzene rings is 2. The minimum absolute atomic E-state index is 0.0256. The molecule has 2 aliphatic heterocycles. The third-order valence-corrected chi connectivity index (χ3v) is 8.49. The van der Waals surface area contributed by atoms with Crippen molar-refractivity contribution in [3.63, 3.8) is 0 Å². The number of carbonyl (C=O) groups excluding carboxylic acids is 1. The SMILES string of the molecule is C[C@@H]([C@@H]1Cc2cc(F)ccc2O1)N1CCN(C(=O)COC2CCC(Nc3ccc([N+](=O)[O-])c(C(F)(F)F)c3)CC2)CC1. The summed E-state index contributed by atoms with van der Waals surface area (Å²) in [5.74, 6) is 0.383. The van der Waals surface area contributed by atoms with Crippen LogP contribution in [0.15, 0.2) is 36.4 Å². The number of nitrogens with zero attached hydrogens (tertiary/aromatic N) is 3. The number of nitrogens with one attached hydrogen (secondary N) is 1. The molecule has 3 aliphatic rings. The Bertz CT molecular complexity index is 1290. The van der Waals surface area contributed by atoms with Crippen molar-refractivity contribution in [1.82, 2.24) is 9.80 Å². The van der Waals surface area contributed by atoms with Crippen LogP contribution in [0.2, 0.25) is 0 Å². The molecule has 0 radical (unpaired) electrons. The van der Waals surface area contributed by atoms with Crippen molar-refractivity contribution in [3.8, 4) is 5.75 Å². The molecule has 1 saturated carbocycles. The molecule has 13 heteroatoms. The summed E-state index contributed by atoms with van der Waals surface area (Å²) in [5.41, 5.74) is -1.20. The molecule has 0 bridgehead atoms. The van der Waals surface area contributed by atoms with E-state index in [4.69, 9.17) is 9.47 Å². The standard InChI is InChI=1S/C29H34F4N4O5/c1-18(27-15-19-14-20(30)2-9-26(19)42-27)35-10-12-36(13-11-35)28(38)17-41-23-6-3-21(4-7-23)34-22-5-8-25(37(39)40)24(16-22)29(31,32)33/h2,5,8-9,14,16,18,21,23,27,34H,3-4,6-7,10-13,15,17H2,1H3/t18-,21?,23?,27-/m0/s1. The molecule has 1 amide bonds. The normalized spacial score (nSPS) is 23.6. The zero-order valence-electron chi connectivity index (χ0n) is 23.2. The van der Waals surface area contributed by atoms with Crippen molar-refractivity contribution in [2.24, 2.45) is 0 Å². The molecule has 1 saturated heterocycles. The fourth-order valence-corrected chi connectivity index (χ4v) is 6.03. The number of fused-ring (bicyclic) bond motifs is 1. The molecule has 2 fully saturated rings. The van der Waals surface area contributed by atoms with E-state index in [0.29, 0.717) is 58.3 Å². The number of ether oxygens (including phenoxy) is 2. The van der Waals surface area contributed by atoms with Gasteiger partial charge in [0.25, 0.3) is 5.69 Å². The van der Waals surface area contributed by atoms with Crippen LogP contribution in [0.4, 0.5) is 28.9 Å². The second-order valence-corrected chi connectivity index (χ2v) is 11.2. The van der Waals surface area contributed by atoms with E-state index in [2.05, 4.69) is 17.1 Å². The van der Waals surface area contributed by atoms with Crippen LogP contribution in [0.5, 0.6) is 5.75 Å². The lowest BCUT2D eigenvalue weighted by atomic mass is 9.92. The van der Waals surface area contributed by atoms with Gasteiger partial charge in [-0.25, -0.2) is 4.39 Å². The first-order chi connectivity index (χ1) is 20.0. The molecule has 0 spiro atoms. The highest BCUT2D eigenvalue weighted by molar-refractivity contribution is 5.77. The van der Waals surface area contributed by atoms with Crippen molar-refractivity contribution in [2.75, 3.05) is 38.1 Å². The zero-order valence-corrected chi connectivity index (χ0v) is 23.2. The first kappa shape index (κ1) is 30.0. The average molecular weight is 595 g/mol. The molecule has 2 heterocycles. The monoisotopic (exact) mass is 594 g/mol. The lowest BCUT2D eigenvalue weighted by Gasteiger charge is -2.39. The van der Waals surface area contributed by atoms with Gasteiger partial charge in [-0.3, -0.25) is 19.8 Å². The van der Waals surface area contributed by atoms with Gasteiger partial charge in [-0.2, -0.15) is 13.2 Å². The van der Waals surface area contributed by atoms with Gasteiger partial charge in [0, 0.05) is 62.0 Å². The Morgan fingerprint density at radius 3 is 2.50 bits per heavy atom. The maximum absolute atomic E-state index is 13.6. The molecule has 0 unspecified atom stereocenters. The van der Waals surface area contributed by atoms with Crippen molar-refractivity contribution >= 4 is 17.3 Å². The number of anilines is 1. The van der Waals surface area contributed by atoms with E-state index >= 15 is 0 Å². The van der Waals surface area contributed by atoms with Crippen LogP contribution in [0, 0.1) is 15.9 Å². The summed E-state index contributed by atoms with van der Waals surface area (Å²) < 4.78 is 65.3. The fourth-order valence-electron chi connectivity index (χ4n) is 6.03. The van der Waals surface area contributed by atoms with E-state index in [-0.39, 0.29) is 48.3 Å². The fraction of sp³-hybridized carbons (Fsp3) is 0.552. The minimum atomic E-state index is -4.83. The van der Waals surface area contributed by atoms with E-state index in [1.165, 1.54) is 18.2 Å². The van der Waals surface area contributed by atoms with Gasteiger partial charge in [-0.15, -0.1) is 0 Å². The molecule has 5 rings (SSSR count). The number of nitro benzene ring substituents is 1. The highest BCUT2D eigenvalue weighted by Gasteiger charge is 2.39. The van der Waals surface area contributed by atoms with Gasteiger partial charge < -0.3 is 19.7 Å². The number of carbonyl (C=O) groups is 1. The number of hydrogen-bond acceptors (Lipinski definition) is 7. The van der Waals surface area contributed by atoms with Crippen LogP contribution < -0.4 is 10.1 Å². The molecular formula is C29H34F4N4O5. The quantitative estimate of drug-likeness (QED) is 0.260. The number of amides is 1. The Kier molecular flexibility index (Phi) is 8.88. The van der Waals surface area contributed by atoms with E-state index < -0.39 is 22.4 Å². The van der Waals surface area contributed by atoms with Crippen LogP contribution in [0.1, 0.15) is 43.7 Å². The van der Waals surface area contributed by atoms with Gasteiger partial charge in [0.1, 0.15) is 29.8 Å². The van der Waals surface area contributed by atoms with E-state index in [1.807, 2.05) is 0 Å². The Balaban J connectivity index is 1.02. The summed E-state index contributed by atoms with van der Waals surface area (Å²) in [7, 11) is 0. The number of halogens is 4. The average Bonchev–Trinajstić information content (AvgIpc) is 3.39. The highest BCUT2D eigenvalue weighted by Crippen LogP contribution is 2.38. The smallest absolute Gasteiger partial charge is 0.423 e. The maximum atomic E-state index is 13.6. The highest BCUT2D eigenvalue weighted by atomic mass is 19.4. The number of nitro groups is 1. The van der Waals surface area contributed by atoms with E-state index in [9.17, 15) is 32.5 Å². The van der Waals surface area contributed by atoms with E-state index in [1.54, 1.807) is 11.0 Å². The van der Waals surface area contributed by atoms with Crippen LogP contribution in [0.25, 0.3) is 0 Å². The lowest BCUT2D eigenvalue weighted by molar-refractivity contribution is -0.388. The summed E-state index contributed by atoms with van der Waals surface area (Å²) in [6.07, 6.45) is -1.82. The Hall–Kier alpha value is -3.45. The summed E-state index contributed by atoms with van der Waals surface area (Å²) >= 11 is 0. The second kappa shape index (κ2) is 12.4. The summed E-state index contributed by atoms with van der Waals surface area (Å²) in [6, 6.07) is 7.54. The zero-order chi connectivity index (χ0) is 30.0. The van der Waals surface area contributed by atoms with Gasteiger partial charge in [-0.05, 0) is 62.9 Å². The van der Waals surface area contributed by atoms with Gasteiger partial charge in [0.2, 0.25) is 5.91 Å². The first-order valence-electron chi connectivity index (χ1n) is 14.2. The molecule has 1 N–H and O–H groups in total. The van der Waals surface area contributed by atoms with Gasteiger partial charge in [-0.1, -0.05) is 0 Å². The van der Waals surface area contributed by atoms with Gasteiger partial charge in [0.15, 0.2) is 0 Å². The van der Waals surface area contributed by atoms with E-state index in [0.717, 1.165) is 23.4 Å². The third kappa shape index (κ3) is 6.95. The van der Waals surface area contributed by atoms with Crippen molar-refractivity contribution in [1.29, 1.82) is 0 Å². The van der Waals surface area contributed by atoms with Crippen molar-refractivity contribution < 1.29 is 36.8 Å². The van der Waals surface area contributed by atoms with Crippen LogP contribution >= 0.6 is 0 Å². The summed E-state index contributed by atoms with van der Waals surface area (Å²) in [5, 5.41) is 14.0. The lowest BCUT2D eigenvalue weighted by Crippen LogP contribution is -2.55. The number of piperazine rings is 1. The third-order valence-electron chi connectivity index (χ3n) is 8.49. The van der Waals surface area contributed by atoms with Crippen molar-refractivity contribution in [3.05, 3.63) is 63.5 Å². The number of rotatable bonds is 8. The molecule has 2 atom stereocenters. The Morgan fingerprint density at radius 1 is 1.12 bits per heavy atom. The van der Waals surface area contributed by atoms with Crippen LogP contribution in [-0.4, -0.2) is 77.7 Å². The second-order valence-electron chi connectivity index (χ2n) is 11.2. The van der Waals surface area contributed by atoms with Crippen molar-refractivity contribution in [2.45, 2.75) is 69.5 Å². The van der Waals surface area contributed by atoms with Gasteiger partial charge in [0.05, 0.1) is 11.0 Å². The van der Waals surface area contributed by atoms with Crippen LogP contribution in [0.3, 0.4) is 0 Å². The molecule has 1 aliphatic carbocycles. The predicted molar refractivity (Wildman–Crippen MR) is 146 cm³/mol. The summed E-state index contributed by atoms with van der Waals surface area (Å²) in [4.78, 5) is 26.8. The number of hydrogen-bond donors (Lipinski definition) is 1. The molecule has 2 aromatic carbocycles. The van der Waals surface area contributed by atoms with Crippen LogP contribution in [-0.2, 0) is 22.1 Å². The largest absolute Gasteiger partial charge is 0.488 e.